The number of benzene rings is 3. The molecule has 0 aliphatic heterocycles. The molecular weight excluding hydrogens is 356 g/mol. The molecule has 0 amide bonds. The van der Waals surface area contributed by atoms with Crippen LogP contribution in [0.15, 0.2) is 108 Å². The van der Waals surface area contributed by atoms with E-state index in [1.165, 1.54) is 16.7 Å². The van der Waals surface area contributed by atoms with Gasteiger partial charge >= 0.3 is 0 Å². The van der Waals surface area contributed by atoms with Crippen LogP contribution >= 0.6 is 0 Å². The molecule has 0 bridgehead atoms. The zero-order valence-corrected chi connectivity index (χ0v) is 16.5. The molecule has 0 fully saturated rings. The van der Waals surface area contributed by atoms with Crippen molar-refractivity contribution in [2.75, 3.05) is 6.54 Å². The average Bonchev–Trinajstić information content (AvgIpc) is 3.21. The lowest BCUT2D eigenvalue weighted by molar-refractivity contribution is 0.440. The maximum atomic E-state index is 5.71. The molecule has 0 aliphatic carbocycles. The molecule has 0 spiro atoms. The van der Waals surface area contributed by atoms with Crippen LogP contribution in [0.3, 0.4) is 0 Å². The van der Waals surface area contributed by atoms with Crippen LogP contribution in [0, 0.1) is 6.92 Å². The van der Waals surface area contributed by atoms with Crippen LogP contribution < -0.4 is 5.32 Å². The first kappa shape index (κ1) is 18.9. The molecular formula is C26H24N2O. The predicted molar refractivity (Wildman–Crippen MR) is 117 cm³/mol. The second-order valence-corrected chi connectivity index (χ2v) is 6.93. The molecule has 0 unspecified atom stereocenters. The highest BCUT2D eigenvalue weighted by molar-refractivity contribution is 5.79. The molecule has 3 aromatic carbocycles. The molecule has 0 saturated heterocycles. The Kier molecular flexibility index (Phi) is 5.98. The fraction of sp³-hybridized carbons (Fsp3) is 0.115. The van der Waals surface area contributed by atoms with Gasteiger partial charge in [-0.1, -0.05) is 97.1 Å². The smallest absolute Gasteiger partial charge is 0.215 e. The number of nitrogens with one attached hydrogen (secondary N) is 1. The average molecular weight is 380 g/mol. The summed E-state index contributed by atoms with van der Waals surface area (Å²) in [6.45, 7) is 2.62. The maximum Gasteiger partial charge on any atom is 0.215 e. The monoisotopic (exact) mass is 380 g/mol. The van der Waals surface area contributed by atoms with Crippen molar-refractivity contribution in [3.63, 3.8) is 0 Å². The molecule has 1 heterocycles. The van der Waals surface area contributed by atoms with E-state index in [2.05, 4.69) is 77.0 Å². The van der Waals surface area contributed by atoms with Gasteiger partial charge in [0, 0.05) is 6.54 Å². The number of oxazole rings is 1. The Balaban J connectivity index is 1.62. The first-order chi connectivity index (χ1) is 14.3. The topological polar surface area (TPSA) is 38.1 Å². The summed E-state index contributed by atoms with van der Waals surface area (Å²) >= 11 is 0. The Labute approximate surface area is 171 Å². The standard InChI is InChI=1S/C26H24N2O/c1-20-19-29-26(28-20)25(23-15-9-4-10-16-23)27-18-17-24(21-11-5-2-6-12-21)22-13-7-3-8-14-22/h2-17,19,25,27H,18H2,1H3/t25-/m1/s1. The van der Waals surface area contributed by atoms with E-state index in [-0.39, 0.29) is 6.04 Å². The van der Waals surface area contributed by atoms with Gasteiger partial charge in [-0.2, -0.15) is 0 Å². The highest BCUT2D eigenvalue weighted by Gasteiger charge is 2.18. The van der Waals surface area contributed by atoms with Gasteiger partial charge in [-0.15, -0.1) is 0 Å². The summed E-state index contributed by atoms with van der Waals surface area (Å²) in [5.41, 5.74) is 5.61. The second-order valence-electron chi connectivity index (χ2n) is 6.93. The minimum atomic E-state index is -0.103. The third-order valence-electron chi connectivity index (χ3n) is 4.81. The van der Waals surface area contributed by atoms with Gasteiger partial charge < -0.3 is 4.42 Å². The molecule has 4 aromatic rings. The summed E-state index contributed by atoms with van der Waals surface area (Å²) in [7, 11) is 0. The van der Waals surface area contributed by atoms with E-state index in [1.54, 1.807) is 6.26 Å². The third kappa shape index (κ3) is 4.71. The zero-order chi connectivity index (χ0) is 19.9. The van der Waals surface area contributed by atoms with Crippen LogP contribution in [0.1, 0.15) is 34.3 Å². The Morgan fingerprint density at radius 1 is 0.862 bits per heavy atom. The van der Waals surface area contributed by atoms with Crippen molar-refractivity contribution < 1.29 is 4.42 Å². The second kappa shape index (κ2) is 9.18. The fourth-order valence-electron chi connectivity index (χ4n) is 3.41. The summed E-state index contributed by atoms with van der Waals surface area (Å²) in [5.74, 6) is 0.683. The number of rotatable bonds is 7. The van der Waals surface area contributed by atoms with Crippen molar-refractivity contribution in [1.82, 2.24) is 10.3 Å². The number of nitrogens with zero attached hydrogens (tertiary/aromatic N) is 1. The van der Waals surface area contributed by atoms with Gasteiger partial charge in [0.05, 0.1) is 5.69 Å². The Hall–Kier alpha value is -3.43. The first-order valence-corrected chi connectivity index (χ1v) is 9.82. The Morgan fingerprint density at radius 2 is 1.41 bits per heavy atom. The highest BCUT2D eigenvalue weighted by Crippen LogP contribution is 2.24. The highest BCUT2D eigenvalue weighted by atomic mass is 16.3. The van der Waals surface area contributed by atoms with Crippen LogP contribution in [0.4, 0.5) is 0 Å². The molecule has 1 N–H and O–H groups in total. The predicted octanol–water partition coefficient (Wildman–Crippen LogP) is 5.79. The van der Waals surface area contributed by atoms with Gasteiger partial charge in [-0.3, -0.25) is 5.32 Å². The van der Waals surface area contributed by atoms with E-state index in [1.807, 2.05) is 37.3 Å². The van der Waals surface area contributed by atoms with E-state index in [0.717, 1.165) is 11.3 Å². The largest absolute Gasteiger partial charge is 0.447 e. The number of aromatic nitrogens is 1. The summed E-state index contributed by atoms with van der Waals surface area (Å²) < 4.78 is 5.71. The lowest BCUT2D eigenvalue weighted by atomic mass is 9.97. The molecule has 3 heteroatoms. The number of hydrogen-bond acceptors (Lipinski definition) is 3. The van der Waals surface area contributed by atoms with Crippen molar-refractivity contribution in [1.29, 1.82) is 0 Å². The molecule has 0 aliphatic rings. The van der Waals surface area contributed by atoms with Gasteiger partial charge in [0.2, 0.25) is 5.89 Å². The summed E-state index contributed by atoms with van der Waals surface area (Å²) in [5, 5.41) is 3.60. The van der Waals surface area contributed by atoms with E-state index in [0.29, 0.717) is 12.4 Å². The molecule has 0 radical (unpaired) electrons. The molecule has 144 valence electrons. The minimum absolute atomic E-state index is 0.103. The summed E-state index contributed by atoms with van der Waals surface area (Å²) in [6.07, 6.45) is 3.93. The lowest BCUT2D eigenvalue weighted by Gasteiger charge is -2.16. The minimum Gasteiger partial charge on any atom is -0.447 e. The van der Waals surface area contributed by atoms with Gasteiger partial charge in [0.1, 0.15) is 12.3 Å². The molecule has 4 rings (SSSR count). The van der Waals surface area contributed by atoms with Crippen LogP contribution in [0.25, 0.3) is 5.57 Å². The Bertz CT molecular complexity index is 1010. The summed E-state index contributed by atoms with van der Waals surface area (Å²) in [4.78, 5) is 4.55. The van der Waals surface area contributed by atoms with Crippen LogP contribution in [0.5, 0.6) is 0 Å². The molecule has 29 heavy (non-hydrogen) atoms. The molecule has 1 aromatic heterocycles. The number of hydrogen-bond donors (Lipinski definition) is 1. The van der Waals surface area contributed by atoms with Crippen molar-refractivity contribution in [3.05, 3.63) is 132 Å². The fourth-order valence-corrected chi connectivity index (χ4v) is 3.41. The van der Waals surface area contributed by atoms with Crippen LogP contribution in [-0.4, -0.2) is 11.5 Å². The van der Waals surface area contributed by atoms with E-state index in [4.69, 9.17) is 4.42 Å². The van der Waals surface area contributed by atoms with Gasteiger partial charge in [-0.05, 0) is 29.2 Å². The molecule has 3 nitrogen and oxygen atoms in total. The molecule has 1 atom stereocenters. The van der Waals surface area contributed by atoms with Crippen molar-refractivity contribution in [2.45, 2.75) is 13.0 Å². The van der Waals surface area contributed by atoms with Crippen molar-refractivity contribution in [3.8, 4) is 0 Å². The first-order valence-electron chi connectivity index (χ1n) is 9.82. The summed E-state index contributed by atoms with van der Waals surface area (Å²) in [6, 6.07) is 31.1. The van der Waals surface area contributed by atoms with Crippen LogP contribution in [0.2, 0.25) is 0 Å². The van der Waals surface area contributed by atoms with Gasteiger partial charge in [0.25, 0.3) is 0 Å². The maximum absolute atomic E-state index is 5.71. The Morgan fingerprint density at radius 3 is 1.93 bits per heavy atom. The SMILES string of the molecule is Cc1coc([C@H](NCC=C(c2ccccc2)c2ccccc2)c2ccccc2)n1. The molecule has 0 saturated carbocycles. The number of aryl methyl sites for hydroxylation is 1. The van der Waals surface area contributed by atoms with Crippen molar-refractivity contribution in [2.24, 2.45) is 0 Å². The lowest BCUT2D eigenvalue weighted by Crippen LogP contribution is -2.23. The van der Waals surface area contributed by atoms with E-state index < -0.39 is 0 Å². The van der Waals surface area contributed by atoms with Gasteiger partial charge in [-0.25, -0.2) is 4.98 Å². The van der Waals surface area contributed by atoms with Crippen molar-refractivity contribution >= 4 is 5.57 Å². The quantitative estimate of drug-likeness (QED) is 0.441. The normalized spacial score (nSPS) is 11.8. The van der Waals surface area contributed by atoms with E-state index in [9.17, 15) is 0 Å². The van der Waals surface area contributed by atoms with Crippen LogP contribution in [-0.2, 0) is 0 Å². The van der Waals surface area contributed by atoms with Gasteiger partial charge in [0.15, 0.2) is 0 Å². The van der Waals surface area contributed by atoms with E-state index >= 15 is 0 Å². The zero-order valence-electron chi connectivity index (χ0n) is 16.5. The third-order valence-corrected chi connectivity index (χ3v) is 4.81.